The fraction of sp³-hybridized carbons (Fsp3) is 0.750. The second-order valence-electron chi connectivity index (χ2n) is 4.64. The Hall–Kier alpha value is -0.540. The van der Waals surface area contributed by atoms with Crippen molar-refractivity contribution in [2.24, 2.45) is 5.92 Å². The zero-order valence-corrected chi connectivity index (χ0v) is 11.0. The third-order valence-electron chi connectivity index (χ3n) is 3.58. The van der Waals surface area contributed by atoms with E-state index >= 15 is 0 Å². The molecule has 1 aliphatic rings. The maximum absolute atomic E-state index is 6.18. The number of halogens is 1. The van der Waals surface area contributed by atoms with Crippen molar-refractivity contribution in [2.45, 2.75) is 39.7 Å². The molecule has 1 fully saturated rings. The van der Waals surface area contributed by atoms with Gasteiger partial charge >= 0.3 is 0 Å². The van der Waals surface area contributed by atoms with Gasteiger partial charge in [-0.2, -0.15) is 5.10 Å². The van der Waals surface area contributed by atoms with Crippen LogP contribution in [0, 0.1) is 19.8 Å². The molecule has 4 heteroatoms. The minimum atomic E-state index is 0.547. The van der Waals surface area contributed by atoms with E-state index in [-0.39, 0.29) is 0 Å². The molecule has 1 heterocycles. The van der Waals surface area contributed by atoms with Crippen LogP contribution in [-0.2, 0) is 0 Å². The highest BCUT2D eigenvalue weighted by Crippen LogP contribution is 2.39. The molecule has 0 amide bonds. The zero-order valence-electron chi connectivity index (χ0n) is 10.3. The van der Waals surface area contributed by atoms with Crippen molar-refractivity contribution >= 4 is 11.6 Å². The van der Waals surface area contributed by atoms with E-state index in [1.54, 1.807) is 0 Å². The Morgan fingerprint density at radius 2 is 2.19 bits per heavy atom. The number of aromatic nitrogens is 2. The molecule has 1 aliphatic carbocycles. The number of nitrogens with one attached hydrogen (secondary N) is 1. The van der Waals surface area contributed by atoms with Crippen LogP contribution in [-0.4, -0.2) is 22.9 Å². The summed E-state index contributed by atoms with van der Waals surface area (Å²) >= 11 is 6.18. The quantitative estimate of drug-likeness (QED) is 0.879. The molecule has 1 aromatic heterocycles. The normalized spacial score (nSPS) is 24.5. The van der Waals surface area contributed by atoms with Gasteiger partial charge in [-0.3, -0.25) is 4.68 Å². The first kappa shape index (κ1) is 11.9. The highest BCUT2D eigenvalue weighted by molar-refractivity contribution is 6.31. The molecule has 3 nitrogen and oxygen atoms in total. The molecule has 0 bridgehead atoms. The number of rotatable bonds is 4. The van der Waals surface area contributed by atoms with Gasteiger partial charge in [0.15, 0.2) is 0 Å². The molecule has 16 heavy (non-hydrogen) atoms. The lowest BCUT2D eigenvalue weighted by atomic mass is 9.79. The summed E-state index contributed by atoms with van der Waals surface area (Å²) in [5.74, 6) is 0.717. The summed E-state index contributed by atoms with van der Waals surface area (Å²) < 4.78 is 2.13. The molecular weight excluding hydrogens is 222 g/mol. The molecule has 2 atom stereocenters. The van der Waals surface area contributed by atoms with Crippen molar-refractivity contribution in [2.75, 3.05) is 13.1 Å². The Morgan fingerprint density at radius 1 is 1.44 bits per heavy atom. The second-order valence-corrected chi connectivity index (χ2v) is 5.02. The summed E-state index contributed by atoms with van der Waals surface area (Å²) in [4.78, 5) is 0. The minimum absolute atomic E-state index is 0.547. The Kier molecular flexibility index (Phi) is 3.55. The van der Waals surface area contributed by atoms with Crippen molar-refractivity contribution in [3.63, 3.8) is 0 Å². The molecule has 0 aromatic carbocycles. The van der Waals surface area contributed by atoms with Crippen molar-refractivity contribution < 1.29 is 0 Å². The third kappa shape index (κ3) is 1.98. The average molecular weight is 242 g/mol. The summed E-state index contributed by atoms with van der Waals surface area (Å²) in [6, 6.07) is 0.547. The summed E-state index contributed by atoms with van der Waals surface area (Å²) in [6.07, 6.45) is 2.53. The largest absolute Gasteiger partial charge is 0.317 e. The van der Waals surface area contributed by atoms with Crippen molar-refractivity contribution in [3.8, 4) is 0 Å². The van der Waals surface area contributed by atoms with E-state index < -0.39 is 0 Å². The van der Waals surface area contributed by atoms with Crippen LogP contribution in [0.15, 0.2) is 0 Å². The minimum Gasteiger partial charge on any atom is -0.317 e. The van der Waals surface area contributed by atoms with E-state index in [9.17, 15) is 0 Å². The van der Waals surface area contributed by atoms with Crippen LogP contribution in [0.25, 0.3) is 0 Å². The van der Waals surface area contributed by atoms with Gasteiger partial charge < -0.3 is 5.32 Å². The lowest BCUT2D eigenvalue weighted by molar-refractivity contribution is 0.161. The predicted molar refractivity (Wildman–Crippen MR) is 67.0 cm³/mol. The number of aryl methyl sites for hydroxylation is 1. The van der Waals surface area contributed by atoms with Crippen LogP contribution in [0.3, 0.4) is 0 Å². The molecule has 1 N–H and O–H groups in total. The van der Waals surface area contributed by atoms with E-state index in [2.05, 4.69) is 28.9 Å². The van der Waals surface area contributed by atoms with Crippen LogP contribution in [0.2, 0.25) is 5.02 Å². The van der Waals surface area contributed by atoms with Crippen molar-refractivity contribution in [1.29, 1.82) is 0 Å². The topological polar surface area (TPSA) is 29.9 Å². The maximum Gasteiger partial charge on any atom is 0.0844 e. The fourth-order valence-electron chi connectivity index (χ4n) is 2.41. The van der Waals surface area contributed by atoms with Crippen LogP contribution < -0.4 is 5.32 Å². The van der Waals surface area contributed by atoms with Gasteiger partial charge in [-0.25, -0.2) is 0 Å². The maximum atomic E-state index is 6.18. The summed E-state index contributed by atoms with van der Waals surface area (Å²) in [6.45, 7) is 8.32. The van der Waals surface area contributed by atoms with Crippen molar-refractivity contribution in [1.82, 2.24) is 15.1 Å². The highest BCUT2D eigenvalue weighted by atomic mass is 35.5. The first-order chi connectivity index (χ1) is 7.65. The Bertz CT molecular complexity index is 373. The zero-order chi connectivity index (χ0) is 11.7. The molecule has 0 aliphatic heterocycles. The van der Waals surface area contributed by atoms with Gasteiger partial charge in [0, 0.05) is 0 Å². The van der Waals surface area contributed by atoms with Gasteiger partial charge in [0.25, 0.3) is 0 Å². The molecule has 1 aromatic rings. The highest BCUT2D eigenvalue weighted by Gasteiger charge is 2.33. The molecule has 2 rings (SSSR count). The Morgan fingerprint density at radius 3 is 2.62 bits per heavy atom. The molecule has 0 spiro atoms. The standard InChI is InChI=1S/C12H20ClN3/c1-4-14-7-10-5-6-11(10)16-9(3)12(13)8(2)15-16/h10-11,14H,4-7H2,1-3H3. The third-order valence-corrected chi connectivity index (χ3v) is 4.13. The first-order valence-electron chi connectivity index (χ1n) is 6.07. The Labute approximate surface area is 102 Å². The van der Waals surface area contributed by atoms with Gasteiger partial charge in [0.05, 0.1) is 22.5 Å². The van der Waals surface area contributed by atoms with E-state index in [1.807, 2.05) is 6.92 Å². The summed E-state index contributed by atoms with van der Waals surface area (Å²) in [5.41, 5.74) is 2.07. The van der Waals surface area contributed by atoms with Gasteiger partial charge in [-0.05, 0) is 45.7 Å². The first-order valence-corrected chi connectivity index (χ1v) is 6.44. The molecule has 90 valence electrons. The van der Waals surface area contributed by atoms with Gasteiger partial charge in [-0.15, -0.1) is 0 Å². The number of hydrogen-bond acceptors (Lipinski definition) is 2. The van der Waals surface area contributed by atoms with Gasteiger partial charge in [0.2, 0.25) is 0 Å². The molecule has 1 saturated carbocycles. The van der Waals surface area contributed by atoms with Crippen molar-refractivity contribution in [3.05, 3.63) is 16.4 Å². The molecular formula is C12H20ClN3. The predicted octanol–water partition coefficient (Wildman–Crippen LogP) is 2.71. The lowest BCUT2D eigenvalue weighted by Gasteiger charge is -2.37. The van der Waals surface area contributed by atoms with Crippen LogP contribution in [0.5, 0.6) is 0 Å². The van der Waals surface area contributed by atoms with Gasteiger partial charge in [-0.1, -0.05) is 18.5 Å². The molecule has 0 saturated heterocycles. The number of hydrogen-bond donors (Lipinski definition) is 1. The van der Waals surface area contributed by atoms with Crippen LogP contribution >= 0.6 is 11.6 Å². The van der Waals surface area contributed by atoms with Gasteiger partial charge in [0.1, 0.15) is 0 Å². The number of nitrogens with zero attached hydrogens (tertiary/aromatic N) is 2. The Balaban J connectivity index is 2.09. The van der Waals surface area contributed by atoms with E-state index in [0.717, 1.165) is 29.5 Å². The van der Waals surface area contributed by atoms with E-state index in [1.165, 1.54) is 12.8 Å². The monoisotopic (exact) mass is 241 g/mol. The summed E-state index contributed by atoms with van der Waals surface area (Å²) in [5, 5.41) is 8.79. The second kappa shape index (κ2) is 4.76. The van der Waals surface area contributed by atoms with Crippen LogP contribution in [0.4, 0.5) is 0 Å². The molecule has 2 unspecified atom stereocenters. The fourth-order valence-corrected chi connectivity index (χ4v) is 2.53. The smallest absolute Gasteiger partial charge is 0.0844 e. The van der Waals surface area contributed by atoms with Crippen LogP contribution in [0.1, 0.15) is 37.2 Å². The molecule has 0 radical (unpaired) electrons. The summed E-state index contributed by atoms with van der Waals surface area (Å²) in [7, 11) is 0. The lowest BCUT2D eigenvalue weighted by Crippen LogP contribution is -2.37. The average Bonchev–Trinajstić information content (AvgIpc) is 2.46. The SMILES string of the molecule is CCNCC1CCC1n1nc(C)c(Cl)c1C. The van der Waals surface area contributed by atoms with E-state index in [0.29, 0.717) is 12.0 Å². The van der Waals surface area contributed by atoms with E-state index in [4.69, 9.17) is 11.6 Å².